The van der Waals surface area contributed by atoms with Crippen LogP contribution in [-0.2, 0) is 6.54 Å². The summed E-state index contributed by atoms with van der Waals surface area (Å²) in [6.07, 6.45) is 3.43. The summed E-state index contributed by atoms with van der Waals surface area (Å²) in [6, 6.07) is 21.8. The van der Waals surface area contributed by atoms with E-state index in [9.17, 15) is 4.79 Å². The molecule has 3 aromatic heterocycles. The lowest BCUT2D eigenvalue weighted by molar-refractivity contribution is 0.0956. The number of hydrogen-bond acceptors (Lipinski definition) is 6. The number of nitrogen functional groups attached to an aromatic ring is 1. The van der Waals surface area contributed by atoms with Crippen molar-refractivity contribution >= 4 is 33.1 Å². The van der Waals surface area contributed by atoms with Crippen LogP contribution in [0.15, 0.2) is 79.1 Å². The minimum atomic E-state index is -0.227. The lowest BCUT2D eigenvalue weighted by atomic mass is 9.98. The average molecular weight is 481 g/mol. The maximum Gasteiger partial charge on any atom is 0.263 e. The normalized spacial score (nSPS) is 10.9. The Hall–Kier alpha value is -4.23. The molecule has 0 atom stereocenters. The first-order valence-electron chi connectivity index (χ1n) is 11.1. The Labute approximate surface area is 207 Å². The zero-order valence-corrected chi connectivity index (χ0v) is 20.2. The van der Waals surface area contributed by atoms with Gasteiger partial charge < -0.3 is 15.8 Å². The van der Waals surface area contributed by atoms with E-state index in [1.54, 1.807) is 19.5 Å². The highest BCUT2D eigenvalue weighted by Crippen LogP contribution is 2.41. The molecule has 0 aliphatic rings. The predicted molar refractivity (Wildman–Crippen MR) is 142 cm³/mol. The van der Waals surface area contributed by atoms with Gasteiger partial charge in [0.2, 0.25) is 0 Å². The summed E-state index contributed by atoms with van der Waals surface area (Å²) in [4.78, 5) is 23.3. The second-order valence-electron chi connectivity index (χ2n) is 8.22. The number of hydrogen-bond donors (Lipinski definition) is 2. The Morgan fingerprint density at radius 1 is 1.06 bits per heavy atom. The molecule has 1 amide bonds. The highest BCUT2D eigenvalue weighted by molar-refractivity contribution is 7.21. The first-order valence-corrected chi connectivity index (χ1v) is 12.0. The number of amides is 1. The molecule has 3 heterocycles. The van der Waals surface area contributed by atoms with Crippen molar-refractivity contribution in [2.24, 2.45) is 0 Å². The molecule has 5 rings (SSSR count). The fraction of sp³-hybridized carbons (Fsp3) is 0.107. The Morgan fingerprint density at radius 2 is 1.80 bits per heavy atom. The highest BCUT2D eigenvalue weighted by atomic mass is 32.1. The summed E-state index contributed by atoms with van der Waals surface area (Å²) in [5, 5.41) is 3.75. The lowest BCUT2D eigenvalue weighted by Crippen LogP contribution is -2.22. The van der Waals surface area contributed by atoms with Gasteiger partial charge in [-0.1, -0.05) is 35.9 Å². The highest BCUT2D eigenvalue weighted by Gasteiger charge is 2.21. The van der Waals surface area contributed by atoms with Gasteiger partial charge in [0.25, 0.3) is 5.91 Å². The number of carbonyl (C=O) groups is 1. The minimum Gasteiger partial charge on any atom is -0.497 e. The number of nitrogens with one attached hydrogen (secondary N) is 1. The van der Waals surface area contributed by atoms with Crippen molar-refractivity contribution in [3.05, 3.63) is 95.1 Å². The van der Waals surface area contributed by atoms with E-state index >= 15 is 0 Å². The standard InChI is InChI=1S/C28H24N4O2S/c1-17-5-7-19(8-6-17)22-14-23(20-9-11-21(34-2)12-10-20)32-28-24(22)25(29)26(35-28)27(33)31-16-18-4-3-13-30-15-18/h3-15H,16,29H2,1-2H3,(H,31,33). The number of nitrogens with zero attached hydrogens (tertiary/aromatic N) is 2. The fourth-order valence-corrected chi connectivity index (χ4v) is 4.96. The van der Waals surface area contributed by atoms with Crippen molar-refractivity contribution in [3.8, 4) is 28.1 Å². The van der Waals surface area contributed by atoms with Gasteiger partial charge in [-0.15, -0.1) is 11.3 Å². The number of pyridine rings is 2. The van der Waals surface area contributed by atoms with Gasteiger partial charge in [0, 0.05) is 29.9 Å². The van der Waals surface area contributed by atoms with E-state index in [4.69, 9.17) is 15.5 Å². The first-order chi connectivity index (χ1) is 17.0. The van der Waals surface area contributed by atoms with Crippen molar-refractivity contribution in [1.82, 2.24) is 15.3 Å². The van der Waals surface area contributed by atoms with Gasteiger partial charge in [0.1, 0.15) is 15.5 Å². The number of fused-ring (bicyclic) bond motifs is 1. The van der Waals surface area contributed by atoms with Crippen LogP contribution < -0.4 is 15.8 Å². The van der Waals surface area contributed by atoms with Crippen LogP contribution in [0.1, 0.15) is 20.8 Å². The summed E-state index contributed by atoms with van der Waals surface area (Å²) in [5.74, 6) is 0.553. The number of nitrogens with two attached hydrogens (primary N) is 1. The molecule has 0 aliphatic heterocycles. The molecule has 0 bridgehead atoms. The summed E-state index contributed by atoms with van der Waals surface area (Å²) >= 11 is 1.31. The fourth-order valence-electron chi connectivity index (χ4n) is 3.93. The predicted octanol–water partition coefficient (Wildman–Crippen LogP) is 5.85. The number of aromatic nitrogens is 2. The molecule has 5 aromatic rings. The molecular weight excluding hydrogens is 456 g/mol. The first kappa shape index (κ1) is 22.6. The van der Waals surface area contributed by atoms with Crippen LogP contribution in [0.3, 0.4) is 0 Å². The van der Waals surface area contributed by atoms with E-state index in [1.165, 1.54) is 16.9 Å². The van der Waals surface area contributed by atoms with Crippen LogP contribution >= 0.6 is 11.3 Å². The average Bonchev–Trinajstić information content (AvgIpc) is 3.24. The van der Waals surface area contributed by atoms with Crippen molar-refractivity contribution in [1.29, 1.82) is 0 Å². The van der Waals surface area contributed by atoms with Crippen molar-refractivity contribution in [3.63, 3.8) is 0 Å². The number of ether oxygens (including phenoxy) is 1. The van der Waals surface area contributed by atoms with Crippen molar-refractivity contribution in [2.75, 3.05) is 12.8 Å². The van der Waals surface area contributed by atoms with Crippen LogP contribution in [-0.4, -0.2) is 23.0 Å². The lowest BCUT2D eigenvalue weighted by Gasteiger charge is -2.10. The Balaban J connectivity index is 1.60. The number of benzene rings is 2. The third-order valence-electron chi connectivity index (χ3n) is 5.83. The van der Waals surface area contributed by atoms with Gasteiger partial charge in [-0.25, -0.2) is 4.98 Å². The van der Waals surface area contributed by atoms with Crippen LogP contribution in [0.25, 0.3) is 32.6 Å². The van der Waals surface area contributed by atoms with E-state index in [-0.39, 0.29) is 5.91 Å². The van der Waals surface area contributed by atoms with E-state index < -0.39 is 0 Å². The molecule has 0 aliphatic carbocycles. The molecular formula is C28H24N4O2S. The van der Waals surface area contributed by atoms with Crippen molar-refractivity contribution in [2.45, 2.75) is 13.5 Å². The minimum absolute atomic E-state index is 0.227. The van der Waals surface area contributed by atoms with E-state index in [0.29, 0.717) is 17.1 Å². The molecule has 0 saturated heterocycles. The van der Waals surface area contributed by atoms with Crippen LogP contribution in [0.4, 0.5) is 5.69 Å². The molecule has 7 heteroatoms. The maximum atomic E-state index is 13.1. The topological polar surface area (TPSA) is 90.1 Å². The maximum absolute atomic E-state index is 13.1. The molecule has 35 heavy (non-hydrogen) atoms. The van der Waals surface area contributed by atoms with E-state index in [0.717, 1.165) is 43.9 Å². The van der Waals surface area contributed by atoms with Gasteiger partial charge in [0.05, 0.1) is 18.5 Å². The van der Waals surface area contributed by atoms with Gasteiger partial charge in [-0.05, 0) is 60.0 Å². The number of carbonyl (C=O) groups excluding carboxylic acids is 1. The molecule has 2 aromatic carbocycles. The van der Waals surface area contributed by atoms with Gasteiger partial charge in [-0.2, -0.15) is 0 Å². The zero-order valence-electron chi connectivity index (χ0n) is 19.4. The zero-order chi connectivity index (χ0) is 24.4. The molecule has 0 radical (unpaired) electrons. The smallest absolute Gasteiger partial charge is 0.263 e. The summed E-state index contributed by atoms with van der Waals surface area (Å²) < 4.78 is 5.30. The summed E-state index contributed by atoms with van der Waals surface area (Å²) in [7, 11) is 1.64. The van der Waals surface area contributed by atoms with Gasteiger partial charge in [0.15, 0.2) is 0 Å². The third kappa shape index (κ3) is 4.58. The second kappa shape index (κ2) is 9.56. The monoisotopic (exact) mass is 480 g/mol. The SMILES string of the molecule is COc1ccc(-c2cc(-c3ccc(C)cc3)c3c(N)c(C(=O)NCc4cccnc4)sc3n2)cc1. The van der Waals surface area contributed by atoms with Gasteiger partial charge in [-0.3, -0.25) is 9.78 Å². The van der Waals surface area contributed by atoms with Crippen LogP contribution in [0.5, 0.6) is 5.75 Å². The number of anilines is 1. The number of rotatable bonds is 6. The van der Waals surface area contributed by atoms with Crippen LogP contribution in [0.2, 0.25) is 0 Å². The Bertz CT molecular complexity index is 1490. The number of thiophene rings is 1. The van der Waals surface area contributed by atoms with Crippen LogP contribution in [0, 0.1) is 6.92 Å². The Morgan fingerprint density at radius 3 is 2.49 bits per heavy atom. The molecule has 3 N–H and O–H groups in total. The largest absolute Gasteiger partial charge is 0.497 e. The van der Waals surface area contributed by atoms with Gasteiger partial charge >= 0.3 is 0 Å². The van der Waals surface area contributed by atoms with E-state index in [2.05, 4.69) is 41.5 Å². The summed E-state index contributed by atoms with van der Waals surface area (Å²) in [5.41, 5.74) is 12.8. The molecule has 0 spiro atoms. The number of methoxy groups -OCH3 is 1. The Kier molecular flexibility index (Phi) is 6.16. The number of aryl methyl sites for hydroxylation is 1. The second-order valence-corrected chi connectivity index (χ2v) is 9.22. The molecule has 0 fully saturated rings. The molecule has 174 valence electrons. The molecule has 0 saturated carbocycles. The molecule has 0 unspecified atom stereocenters. The van der Waals surface area contributed by atoms with Crippen molar-refractivity contribution < 1.29 is 9.53 Å². The third-order valence-corrected chi connectivity index (χ3v) is 6.93. The quantitative estimate of drug-likeness (QED) is 0.318. The molecule has 6 nitrogen and oxygen atoms in total. The van der Waals surface area contributed by atoms with E-state index in [1.807, 2.05) is 42.5 Å². The summed E-state index contributed by atoms with van der Waals surface area (Å²) in [6.45, 7) is 2.42.